The fourth-order valence-electron chi connectivity index (χ4n) is 9.05. The molecule has 1 aliphatic carbocycles. The van der Waals surface area contributed by atoms with Crippen molar-refractivity contribution in [2.45, 2.75) is 6.92 Å². The van der Waals surface area contributed by atoms with E-state index in [1.807, 2.05) is 0 Å². The van der Waals surface area contributed by atoms with Crippen LogP contribution in [0.1, 0.15) is 16.7 Å². The lowest BCUT2D eigenvalue weighted by Gasteiger charge is -2.24. The van der Waals surface area contributed by atoms with Gasteiger partial charge in [0.25, 0.3) is 0 Å². The number of aliphatic imine (C=N–C) groups is 1. The van der Waals surface area contributed by atoms with Gasteiger partial charge >= 0.3 is 0 Å². The first-order valence-electron chi connectivity index (χ1n) is 19.0. The summed E-state index contributed by atoms with van der Waals surface area (Å²) < 4.78 is 0. The standard InChI is InChI=1S/C54H35N/c1-33-39-13-3-5-15-41(39)46-20-11-12-22-50(46)53(33)55-54-34(2)40-14-4-6-16-42(40)49-30-28-38(32-52(49)54)36-25-23-35(24-26-36)37-27-29-48-45-19-8-7-17-43(45)44-18-9-10-21-47(44)51(48)31-37/h3-32H,1H2,2H3. The van der Waals surface area contributed by atoms with E-state index in [4.69, 9.17) is 4.99 Å². The molecule has 0 fully saturated rings. The van der Waals surface area contributed by atoms with Crippen molar-refractivity contribution < 1.29 is 0 Å². The largest absolute Gasteiger partial charge is 0.247 e. The van der Waals surface area contributed by atoms with Gasteiger partial charge in [0, 0.05) is 16.5 Å². The fourth-order valence-corrected chi connectivity index (χ4v) is 9.05. The molecule has 0 aromatic heterocycles. The lowest BCUT2D eigenvalue weighted by atomic mass is 9.81. The van der Waals surface area contributed by atoms with Gasteiger partial charge < -0.3 is 0 Å². The number of aryl methyl sites for hydroxylation is 1. The lowest BCUT2D eigenvalue weighted by Crippen LogP contribution is -2.12. The van der Waals surface area contributed by atoms with Crippen molar-refractivity contribution in [3.05, 3.63) is 205 Å². The maximum Gasteiger partial charge on any atom is 0.0788 e. The Kier molecular flexibility index (Phi) is 6.99. The molecular weight excluding hydrogens is 663 g/mol. The van der Waals surface area contributed by atoms with Gasteiger partial charge in [-0.15, -0.1) is 0 Å². The van der Waals surface area contributed by atoms with Crippen LogP contribution in [0.25, 0.3) is 92.8 Å². The number of benzene rings is 10. The first-order valence-corrected chi connectivity index (χ1v) is 19.0. The molecule has 0 heterocycles. The van der Waals surface area contributed by atoms with E-state index >= 15 is 0 Å². The molecule has 0 saturated carbocycles. The minimum Gasteiger partial charge on any atom is -0.247 e. The van der Waals surface area contributed by atoms with Gasteiger partial charge in [0.05, 0.1) is 11.4 Å². The van der Waals surface area contributed by atoms with Crippen molar-refractivity contribution in [2.75, 3.05) is 0 Å². The van der Waals surface area contributed by atoms with Gasteiger partial charge in [-0.3, -0.25) is 0 Å². The summed E-state index contributed by atoms with van der Waals surface area (Å²) in [7, 11) is 0. The van der Waals surface area contributed by atoms with Crippen LogP contribution in [-0.2, 0) is 0 Å². The molecule has 1 heteroatoms. The molecule has 0 unspecified atom stereocenters. The Hall–Kier alpha value is -7.09. The molecule has 256 valence electrons. The van der Waals surface area contributed by atoms with E-state index in [1.54, 1.807) is 0 Å². The number of hydrogen-bond donors (Lipinski definition) is 0. The average Bonchev–Trinajstić information content (AvgIpc) is 3.26. The highest BCUT2D eigenvalue weighted by atomic mass is 14.8. The third-order valence-corrected chi connectivity index (χ3v) is 11.8. The Labute approximate surface area is 320 Å². The van der Waals surface area contributed by atoms with Crippen LogP contribution in [-0.4, -0.2) is 5.71 Å². The molecule has 0 N–H and O–H groups in total. The summed E-state index contributed by atoms with van der Waals surface area (Å²) in [6.45, 7) is 6.83. The summed E-state index contributed by atoms with van der Waals surface area (Å²) in [6.07, 6.45) is 0. The van der Waals surface area contributed by atoms with E-state index in [1.165, 1.54) is 87.4 Å². The predicted octanol–water partition coefficient (Wildman–Crippen LogP) is 14.9. The number of rotatable bonds is 3. The summed E-state index contributed by atoms with van der Waals surface area (Å²) in [6, 6.07) is 66.2. The van der Waals surface area contributed by atoms with Gasteiger partial charge in [0.1, 0.15) is 0 Å². The molecule has 0 atom stereocenters. The summed E-state index contributed by atoms with van der Waals surface area (Å²) in [5.41, 5.74) is 13.5. The molecule has 0 spiro atoms. The van der Waals surface area contributed by atoms with Crippen LogP contribution in [0, 0.1) is 6.92 Å². The molecule has 0 aliphatic heterocycles. The zero-order chi connectivity index (χ0) is 36.6. The number of allylic oxidation sites excluding steroid dienone is 1. The van der Waals surface area contributed by atoms with Gasteiger partial charge in [0.15, 0.2) is 0 Å². The number of nitrogens with zero attached hydrogens (tertiary/aromatic N) is 1. The fraction of sp³-hybridized carbons (Fsp3) is 0.0185. The molecular formula is C54H35N. The van der Waals surface area contributed by atoms with Crippen LogP contribution < -0.4 is 0 Å². The Morgan fingerprint density at radius 2 is 0.691 bits per heavy atom. The summed E-state index contributed by atoms with van der Waals surface area (Å²) in [4.78, 5) is 5.59. The molecule has 1 nitrogen and oxygen atoms in total. The maximum atomic E-state index is 5.59. The Morgan fingerprint density at radius 3 is 1.25 bits per heavy atom. The van der Waals surface area contributed by atoms with Crippen LogP contribution in [0.3, 0.4) is 0 Å². The maximum absolute atomic E-state index is 5.59. The van der Waals surface area contributed by atoms with Crippen molar-refractivity contribution in [3.8, 4) is 33.4 Å². The van der Waals surface area contributed by atoms with Crippen LogP contribution in [0.5, 0.6) is 0 Å². The van der Waals surface area contributed by atoms with Crippen molar-refractivity contribution in [2.24, 2.45) is 4.99 Å². The zero-order valence-electron chi connectivity index (χ0n) is 30.5. The Bertz CT molecular complexity index is 3240. The highest BCUT2D eigenvalue weighted by molar-refractivity contribution is 6.37. The van der Waals surface area contributed by atoms with Crippen LogP contribution in [0.4, 0.5) is 5.69 Å². The molecule has 10 aromatic rings. The molecule has 0 bridgehead atoms. The van der Waals surface area contributed by atoms with Gasteiger partial charge in [0.2, 0.25) is 0 Å². The molecule has 1 aliphatic rings. The van der Waals surface area contributed by atoms with Crippen molar-refractivity contribution in [1.82, 2.24) is 0 Å². The minimum atomic E-state index is 0.930. The highest BCUT2D eigenvalue weighted by Crippen LogP contribution is 2.44. The van der Waals surface area contributed by atoms with Crippen molar-refractivity contribution in [1.29, 1.82) is 0 Å². The van der Waals surface area contributed by atoms with Crippen LogP contribution >= 0.6 is 0 Å². The lowest BCUT2D eigenvalue weighted by molar-refractivity contribution is 1.44. The van der Waals surface area contributed by atoms with E-state index < -0.39 is 0 Å². The highest BCUT2D eigenvalue weighted by Gasteiger charge is 2.25. The second-order valence-electron chi connectivity index (χ2n) is 14.7. The van der Waals surface area contributed by atoms with E-state index in [0.717, 1.165) is 33.5 Å². The topological polar surface area (TPSA) is 12.4 Å². The van der Waals surface area contributed by atoms with E-state index in [-0.39, 0.29) is 0 Å². The quantitative estimate of drug-likeness (QED) is 0.163. The smallest absolute Gasteiger partial charge is 0.0788 e. The SMILES string of the molecule is C=C1C(=Nc2c(C)c3ccccc3c3ccc(-c4ccc(-c5ccc6c7ccccc7c7ccccc7c6c5)cc4)cc23)c2ccccc2-c2ccccc21. The minimum absolute atomic E-state index is 0.930. The normalized spacial score (nSPS) is 13.3. The number of hydrogen-bond acceptors (Lipinski definition) is 1. The molecule has 0 radical (unpaired) electrons. The molecule has 11 rings (SSSR count). The monoisotopic (exact) mass is 697 g/mol. The third-order valence-electron chi connectivity index (χ3n) is 11.8. The molecule has 0 amide bonds. The summed E-state index contributed by atoms with van der Waals surface area (Å²) in [5, 5.41) is 12.6. The second kappa shape index (κ2) is 12.2. The molecule has 55 heavy (non-hydrogen) atoms. The summed E-state index contributed by atoms with van der Waals surface area (Å²) in [5.74, 6) is 0. The van der Waals surface area contributed by atoms with Gasteiger partial charge in [-0.25, -0.2) is 4.99 Å². The predicted molar refractivity (Wildman–Crippen MR) is 237 cm³/mol. The van der Waals surface area contributed by atoms with Crippen LogP contribution in [0.15, 0.2) is 194 Å². The van der Waals surface area contributed by atoms with Gasteiger partial charge in [-0.1, -0.05) is 176 Å². The Morgan fingerprint density at radius 1 is 0.327 bits per heavy atom. The first-order chi connectivity index (χ1) is 27.1. The molecule has 0 saturated heterocycles. The van der Waals surface area contributed by atoms with E-state index in [0.29, 0.717) is 0 Å². The second-order valence-corrected chi connectivity index (χ2v) is 14.7. The van der Waals surface area contributed by atoms with Gasteiger partial charge in [-0.05, 0) is 112 Å². The third kappa shape index (κ3) is 4.83. The number of fused-ring (bicyclic) bond motifs is 12. The Balaban J connectivity index is 1.05. The van der Waals surface area contributed by atoms with Crippen molar-refractivity contribution in [3.63, 3.8) is 0 Å². The van der Waals surface area contributed by atoms with Crippen molar-refractivity contribution >= 4 is 70.8 Å². The van der Waals surface area contributed by atoms with E-state index in [9.17, 15) is 0 Å². The zero-order valence-corrected chi connectivity index (χ0v) is 30.5. The molecule has 10 aromatic carbocycles. The van der Waals surface area contributed by atoms with Gasteiger partial charge in [-0.2, -0.15) is 0 Å². The first kappa shape index (κ1) is 31.4. The summed E-state index contributed by atoms with van der Waals surface area (Å²) >= 11 is 0. The van der Waals surface area contributed by atoms with E-state index in [2.05, 4.69) is 195 Å². The average molecular weight is 698 g/mol. The van der Waals surface area contributed by atoms with Crippen LogP contribution in [0.2, 0.25) is 0 Å².